The van der Waals surface area contributed by atoms with Crippen molar-refractivity contribution >= 4 is 23.1 Å². The largest absolute Gasteiger partial charge is 0.508 e. The highest BCUT2D eigenvalue weighted by Gasteiger charge is 2.03. The van der Waals surface area contributed by atoms with Gasteiger partial charge < -0.3 is 21.7 Å². The molecule has 2 aromatic carbocycles. The van der Waals surface area contributed by atoms with Crippen molar-refractivity contribution in [2.45, 2.75) is 9.79 Å². The quantitative estimate of drug-likeness (QED) is 0.612. The van der Waals surface area contributed by atoms with Crippen molar-refractivity contribution in [3.8, 4) is 11.5 Å². The van der Waals surface area contributed by atoms with Crippen LogP contribution in [0.2, 0.25) is 0 Å². The second kappa shape index (κ2) is 4.47. The SMILES string of the molecule is Nc1cc(O)cc(Sc2cc(N)cc(O)c2)c1. The minimum absolute atomic E-state index is 0.112. The molecule has 0 saturated heterocycles. The minimum atomic E-state index is 0.112. The highest BCUT2D eigenvalue weighted by atomic mass is 32.2. The number of hydrogen-bond acceptors (Lipinski definition) is 5. The third-order valence-corrected chi connectivity index (χ3v) is 3.01. The first-order valence-corrected chi connectivity index (χ1v) is 5.71. The molecular weight excluding hydrogens is 236 g/mol. The third kappa shape index (κ3) is 2.98. The van der Waals surface area contributed by atoms with Gasteiger partial charge in [0.25, 0.3) is 0 Å². The maximum absolute atomic E-state index is 9.41. The fourth-order valence-electron chi connectivity index (χ4n) is 1.47. The van der Waals surface area contributed by atoms with Crippen molar-refractivity contribution in [3.63, 3.8) is 0 Å². The fourth-order valence-corrected chi connectivity index (χ4v) is 2.49. The molecule has 0 unspecified atom stereocenters. The maximum Gasteiger partial charge on any atom is 0.118 e. The summed E-state index contributed by atoms with van der Waals surface area (Å²) in [4.78, 5) is 1.57. The van der Waals surface area contributed by atoms with Crippen molar-refractivity contribution in [1.82, 2.24) is 0 Å². The number of benzene rings is 2. The molecule has 0 atom stereocenters. The molecule has 0 bridgehead atoms. The van der Waals surface area contributed by atoms with Gasteiger partial charge in [-0.1, -0.05) is 11.8 Å². The number of phenols is 2. The van der Waals surface area contributed by atoms with E-state index in [0.717, 1.165) is 9.79 Å². The second-order valence-corrected chi connectivity index (χ2v) is 4.77. The van der Waals surface area contributed by atoms with E-state index in [1.807, 2.05) is 0 Å². The van der Waals surface area contributed by atoms with Gasteiger partial charge in [0.1, 0.15) is 11.5 Å². The summed E-state index contributed by atoms with van der Waals surface area (Å²) in [6, 6.07) is 9.62. The topological polar surface area (TPSA) is 92.5 Å². The van der Waals surface area contributed by atoms with Gasteiger partial charge in [0, 0.05) is 33.3 Å². The molecule has 0 radical (unpaired) electrons. The van der Waals surface area contributed by atoms with Crippen LogP contribution in [0.4, 0.5) is 11.4 Å². The molecule has 0 spiro atoms. The predicted molar refractivity (Wildman–Crippen MR) is 69.2 cm³/mol. The molecule has 0 aromatic heterocycles. The Hall–Kier alpha value is -2.01. The molecule has 0 amide bonds. The van der Waals surface area contributed by atoms with E-state index in [1.54, 1.807) is 24.3 Å². The van der Waals surface area contributed by atoms with E-state index in [-0.39, 0.29) is 11.5 Å². The number of rotatable bonds is 2. The highest BCUT2D eigenvalue weighted by molar-refractivity contribution is 7.99. The van der Waals surface area contributed by atoms with Gasteiger partial charge in [0.15, 0.2) is 0 Å². The van der Waals surface area contributed by atoms with Crippen LogP contribution in [-0.2, 0) is 0 Å². The Kier molecular flexibility index (Phi) is 3.01. The molecule has 0 heterocycles. The summed E-state index contributed by atoms with van der Waals surface area (Å²) in [7, 11) is 0. The molecule has 88 valence electrons. The van der Waals surface area contributed by atoms with Gasteiger partial charge >= 0.3 is 0 Å². The molecule has 0 aliphatic heterocycles. The number of phenolic OH excluding ortho intramolecular Hbond substituents is 2. The van der Waals surface area contributed by atoms with E-state index in [0.29, 0.717) is 11.4 Å². The number of hydrogen-bond donors (Lipinski definition) is 4. The lowest BCUT2D eigenvalue weighted by molar-refractivity contribution is 0.474. The number of aromatic hydroxyl groups is 2. The van der Waals surface area contributed by atoms with E-state index in [4.69, 9.17) is 11.5 Å². The van der Waals surface area contributed by atoms with Crippen molar-refractivity contribution in [2.75, 3.05) is 11.5 Å². The normalized spacial score (nSPS) is 10.4. The van der Waals surface area contributed by atoms with E-state index in [9.17, 15) is 10.2 Å². The zero-order chi connectivity index (χ0) is 12.4. The van der Waals surface area contributed by atoms with Gasteiger partial charge in [-0.25, -0.2) is 0 Å². The van der Waals surface area contributed by atoms with E-state index >= 15 is 0 Å². The van der Waals surface area contributed by atoms with E-state index < -0.39 is 0 Å². The lowest BCUT2D eigenvalue weighted by Crippen LogP contribution is -1.86. The molecule has 0 aliphatic carbocycles. The summed E-state index contributed by atoms with van der Waals surface area (Å²) < 4.78 is 0. The monoisotopic (exact) mass is 248 g/mol. The van der Waals surface area contributed by atoms with Gasteiger partial charge in [0.2, 0.25) is 0 Å². The van der Waals surface area contributed by atoms with Crippen LogP contribution in [0.1, 0.15) is 0 Å². The first kappa shape index (κ1) is 11.5. The first-order valence-electron chi connectivity index (χ1n) is 4.90. The summed E-state index contributed by atoms with van der Waals surface area (Å²) in [5.74, 6) is 0.223. The average Bonchev–Trinajstić information content (AvgIpc) is 2.13. The van der Waals surface area contributed by atoms with Gasteiger partial charge in [-0.05, 0) is 24.3 Å². The first-order chi connectivity index (χ1) is 8.02. The molecule has 5 heteroatoms. The van der Waals surface area contributed by atoms with Crippen molar-refractivity contribution < 1.29 is 10.2 Å². The van der Waals surface area contributed by atoms with Crippen LogP contribution in [0, 0.1) is 0 Å². The van der Waals surface area contributed by atoms with Crippen molar-refractivity contribution in [2.24, 2.45) is 0 Å². The molecule has 17 heavy (non-hydrogen) atoms. The maximum atomic E-state index is 9.41. The lowest BCUT2D eigenvalue weighted by Gasteiger charge is -2.05. The van der Waals surface area contributed by atoms with Crippen LogP contribution >= 0.6 is 11.8 Å². The van der Waals surface area contributed by atoms with Crippen LogP contribution in [0.5, 0.6) is 11.5 Å². The summed E-state index contributed by atoms with van der Waals surface area (Å²) in [6.07, 6.45) is 0. The Labute approximate surface area is 103 Å². The van der Waals surface area contributed by atoms with Crippen LogP contribution in [0.15, 0.2) is 46.2 Å². The second-order valence-electron chi connectivity index (χ2n) is 3.62. The standard InChI is InChI=1S/C12H12N2O2S/c13-7-1-9(15)5-11(3-7)17-12-4-8(14)2-10(16)6-12/h1-6,15-16H,13-14H2. The van der Waals surface area contributed by atoms with Crippen LogP contribution in [-0.4, -0.2) is 10.2 Å². The van der Waals surface area contributed by atoms with E-state index in [2.05, 4.69) is 0 Å². The van der Waals surface area contributed by atoms with Gasteiger partial charge in [-0.3, -0.25) is 0 Å². The molecule has 6 N–H and O–H groups in total. The smallest absolute Gasteiger partial charge is 0.118 e. The van der Waals surface area contributed by atoms with Crippen LogP contribution < -0.4 is 11.5 Å². The predicted octanol–water partition coefficient (Wildman–Crippen LogP) is 2.41. The van der Waals surface area contributed by atoms with Gasteiger partial charge in [-0.15, -0.1) is 0 Å². The summed E-state index contributed by atoms with van der Waals surface area (Å²) >= 11 is 1.36. The van der Waals surface area contributed by atoms with Crippen molar-refractivity contribution in [3.05, 3.63) is 36.4 Å². The zero-order valence-electron chi connectivity index (χ0n) is 8.92. The summed E-state index contributed by atoms with van der Waals surface area (Å²) in [6.45, 7) is 0. The van der Waals surface area contributed by atoms with Crippen molar-refractivity contribution in [1.29, 1.82) is 0 Å². The third-order valence-electron chi connectivity index (χ3n) is 2.06. The molecule has 2 rings (SSSR count). The Morgan fingerprint density at radius 2 is 1.12 bits per heavy atom. The highest BCUT2D eigenvalue weighted by Crippen LogP contribution is 2.34. The zero-order valence-corrected chi connectivity index (χ0v) is 9.74. The Morgan fingerprint density at radius 1 is 0.706 bits per heavy atom. The molecular formula is C12H12N2O2S. The molecule has 0 aliphatic rings. The van der Waals surface area contributed by atoms with E-state index in [1.165, 1.54) is 23.9 Å². The average molecular weight is 248 g/mol. The molecule has 4 nitrogen and oxygen atoms in total. The van der Waals surface area contributed by atoms with Gasteiger partial charge in [-0.2, -0.15) is 0 Å². The van der Waals surface area contributed by atoms with Gasteiger partial charge in [0.05, 0.1) is 0 Å². The van der Waals surface area contributed by atoms with Crippen LogP contribution in [0.3, 0.4) is 0 Å². The number of nitrogens with two attached hydrogens (primary N) is 2. The molecule has 0 saturated carbocycles. The summed E-state index contributed by atoms with van der Waals surface area (Å²) in [5, 5.41) is 18.8. The molecule has 0 fully saturated rings. The van der Waals surface area contributed by atoms with Crippen LogP contribution in [0.25, 0.3) is 0 Å². The Balaban J connectivity index is 2.31. The number of nitrogen functional groups attached to an aromatic ring is 2. The summed E-state index contributed by atoms with van der Waals surface area (Å²) in [5.41, 5.74) is 12.2. The minimum Gasteiger partial charge on any atom is -0.508 e. The number of anilines is 2. The lowest BCUT2D eigenvalue weighted by atomic mass is 10.3. The Morgan fingerprint density at radius 3 is 1.47 bits per heavy atom. The Bertz CT molecular complexity index is 468. The fraction of sp³-hybridized carbons (Fsp3) is 0. The molecule has 2 aromatic rings.